The van der Waals surface area contributed by atoms with Crippen molar-refractivity contribution in [1.29, 1.82) is 0 Å². The van der Waals surface area contributed by atoms with E-state index in [1.54, 1.807) is 31.2 Å². The molecule has 0 saturated heterocycles. The minimum absolute atomic E-state index is 0.159. The zero-order chi connectivity index (χ0) is 17.4. The van der Waals surface area contributed by atoms with Crippen LogP contribution in [0.5, 0.6) is 11.5 Å². The third-order valence-electron chi connectivity index (χ3n) is 2.94. The molecule has 6 nitrogen and oxygen atoms in total. The van der Waals surface area contributed by atoms with Crippen LogP contribution in [0, 0.1) is 5.82 Å². The van der Waals surface area contributed by atoms with Crippen LogP contribution in [0.3, 0.4) is 0 Å². The van der Waals surface area contributed by atoms with Crippen LogP contribution in [0.2, 0.25) is 0 Å². The lowest BCUT2D eigenvalue weighted by Crippen LogP contribution is -2.38. The van der Waals surface area contributed by atoms with Gasteiger partial charge in [-0.1, -0.05) is 18.2 Å². The van der Waals surface area contributed by atoms with Gasteiger partial charge < -0.3 is 20.7 Å². The highest BCUT2D eigenvalue weighted by Gasteiger charge is 2.11. The molecular weight excluding hydrogens is 313 g/mol. The summed E-state index contributed by atoms with van der Waals surface area (Å²) >= 11 is 0. The largest absolute Gasteiger partial charge is 0.455 e. The number of urea groups is 1. The van der Waals surface area contributed by atoms with Gasteiger partial charge in [-0.15, -0.1) is 0 Å². The second-order valence-corrected chi connectivity index (χ2v) is 4.82. The molecule has 0 aliphatic rings. The van der Waals surface area contributed by atoms with Gasteiger partial charge in [0.2, 0.25) is 5.91 Å². The van der Waals surface area contributed by atoms with Crippen molar-refractivity contribution in [2.75, 3.05) is 18.4 Å². The summed E-state index contributed by atoms with van der Waals surface area (Å²) < 4.78 is 19.1. The summed E-state index contributed by atoms with van der Waals surface area (Å²) in [4.78, 5) is 23.2. The van der Waals surface area contributed by atoms with Crippen molar-refractivity contribution in [2.24, 2.45) is 0 Å². The number of amides is 3. The van der Waals surface area contributed by atoms with Crippen LogP contribution in [0.4, 0.5) is 14.9 Å². The molecule has 0 fully saturated rings. The highest BCUT2D eigenvalue weighted by atomic mass is 19.1. The molecule has 0 spiro atoms. The van der Waals surface area contributed by atoms with E-state index in [4.69, 9.17) is 4.74 Å². The first-order valence-electron chi connectivity index (χ1n) is 7.42. The molecule has 0 aliphatic heterocycles. The number of halogens is 1. The average Bonchev–Trinajstić information content (AvgIpc) is 2.57. The molecule has 3 amide bonds. The Hall–Kier alpha value is -3.09. The van der Waals surface area contributed by atoms with Crippen LogP contribution in [0.15, 0.2) is 48.5 Å². The zero-order valence-electron chi connectivity index (χ0n) is 13.1. The molecule has 0 heterocycles. The number of ether oxygens (including phenoxy) is 1. The molecule has 3 N–H and O–H groups in total. The van der Waals surface area contributed by atoms with Crippen molar-refractivity contribution in [3.8, 4) is 11.5 Å². The molecule has 0 aromatic heterocycles. The predicted octanol–water partition coefficient (Wildman–Crippen LogP) is 2.88. The molecule has 2 rings (SSSR count). The molecule has 0 atom stereocenters. The van der Waals surface area contributed by atoms with E-state index < -0.39 is 11.8 Å². The molecule has 2 aromatic rings. The van der Waals surface area contributed by atoms with Crippen molar-refractivity contribution in [3.05, 3.63) is 54.3 Å². The Kier molecular flexibility index (Phi) is 6.13. The third kappa shape index (κ3) is 5.28. The van der Waals surface area contributed by atoms with Crippen LogP contribution < -0.4 is 20.7 Å². The second-order valence-electron chi connectivity index (χ2n) is 4.82. The maximum absolute atomic E-state index is 13.5. The number of likely N-dealkylation sites (N-methyl/N-ethyl adjacent to an activating group) is 1. The molecule has 2 aromatic carbocycles. The quantitative estimate of drug-likeness (QED) is 0.761. The van der Waals surface area contributed by atoms with Crippen LogP contribution in [0.1, 0.15) is 6.92 Å². The third-order valence-corrected chi connectivity index (χ3v) is 2.94. The van der Waals surface area contributed by atoms with Gasteiger partial charge in [0.1, 0.15) is 11.6 Å². The van der Waals surface area contributed by atoms with Crippen molar-refractivity contribution in [3.63, 3.8) is 0 Å². The van der Waals surface area contributed by atoms with Gasteiger partial charge in [0.05, 0.1) is 12.2 Å². The Morgan fingerprint density at radius 1 is 1.08 bits per heavy atom. The number of rotatable bonds is 6. The standard InChI is InChI=1S/C17H18FN3O3/c1-2-19-16(22)11-20-17(23)21-14-10-12(18)8-9-15(14)24-13-6-4-3-5-7-13/h3-10H,2,11H2,1H3,(H,19,22)(H2,20,21,23). The molecule has 126 valence electrons. The second kappa shape index (κ2) is 8.52. The molecule has 7 heteroatoms. The number of hydrogen-bond donors (Lipinski definition) is 3. The van der Waals surface area contributed by atoms with Gasteiger partial charge in [0.25, 0.3) is 0 Å². The highest BCUT2D eigenvalue weighted by molar-refractivity contribution is 5.93. The maximum Gasteiger partial charge on any atom is 0.319 e. The minimum atomic E-state index is -0.634. The first kappa shape index (κ1) is 17.3. The van der Waals surface area contributed by atoms with Gasteiger partial charge in [0, 0.05) is 12.6 Å². The Balaban J connectivity index is 2.04. The SMILES string of the molecule is CCNC(=O)CNC(=O)Nc1cc(F)ccc1Oc1ccccc1. The van der Waals surface area contributed by atoms with Gasteiger partial charge in [-0.3, -0.25) is 4.79 Å². The van der Waals surface area contributed by atoms with Gasteiger partial charge in [-0.05, 0) is 31.2 Å². The smallest absolute Gasteiger partial charge is 0.319 e. The number of carbonyl (C=O) groups excluding carboxylic acids is 2. The fourth-order valence-corrected chi connectivity index (χ4v) is 1.89. The van der Waals surface area contributed by atoms with E-state index in [1.807, 2.05) is 6.07 Å². The fourth-order valence-electron chi connectivity index (χ4n) is 1.89. The summed E-state index contributed by atoms with van der Waals surface area (Å²) in [5, 5.41) is 7.41. The summed E-state index contributed by atoms with van der Waals surface area (Å²) in [6.07, 6.45) is 0. The molecule has 0 bridgehead atoms. The Morgan fingerprint density at radius 2 is 1.83 bits per heavy atom. The van der Waals surface area contributed by atoms with Gasteiger partial charge in [0.15, 0.2) is 5.75 Å². The summed E-state index contributed by atoms with van der Waals surface area (Å²) in [5.41, 5.74) is 0.159. The number of anilines is 1. The number of nitrogens with one attached hydrogen (secondary N) is 3. The van der Waals surface area contributed by atoms with Crippen LogP contribution in [0.25, 0.3) is 0 Å². The van der Waals surface area contributed by atoms with E-state index in [0.717, 1.165) is 6.07 Å². The lowest BCUT2D eigenvalue weighted by Gasteiger charge is -2.13. The average molecular weight is 331 g/mol. The van der Waals surface area contributed by atoms with E-state index in [1.165, 1.54) is 12.1 Å². The summed E-state index contributed by atoms with van der Waals surface area (Å²) in [5.74, 6) is 0.00717. The van der Waals surface area contributed by atoms with E-state index in [9.17, 15) is 14.0 Å². The Bertz CT molecular complexity index is 707. The summed E-state index contributed by atoms with van der Waals surface area (Å²) in [7, 11) is 0. The summed E-state index contributed by atoms with van der Waals surface area (Å²) in [6.45, 7) is 2.07. The van der Waals surface area contributed by atoms with Crippen molar-refractivity contribution >= 4 is 17.6 Å². The lowest BCUT2D eigenvalue weighted by atomic mass is 10.2. The maximum atomic E-state index is 13.5. The van der Waals surface area contributed by atoms with Crippen LogP contribution in [-0.2, 0) is 4.79 Å². The molecule has 24 heavy (non-hydrogen) atoms. The minimum Gasteiger partial charge on any atom is -0.455 e. The molecule has 0 radical (unpaired) electrons. The van der Waals surface area contributed by atoms with Gasteiger partial charge in [-0.2, -0.15) is 0 Å². The molecular formula is C17H18FN3O3. The Labute approximate surface area is 139 Å². The summed E-state index contributed by atoms with van der Waals surface area (Å²) in [6, 6.07) is 12.1. The van der Waals surface area contributed by atoms with E-state index >= 15 is 0 Å². The van der Waals surface area contributed by atoms with E-state index in [-0.39, 0.29) is 23.9 Å². The number of benzene rings is 2. The lowest BCUT2D eigenvalue weighted by molar-refractivity contribution is -0.119. The molecule has 0 aliphatic carbocycles. The van der Waals surface area contributed by atoms with E-state index in [0.29, 0.717) is 12.3 Å². The number of carbonyl (C=O) groups is 2. The van der Waals surface area contributed by atoms with Crippen molar-refractivity contribution in [1.82, 2.24) is 10.6 Å². The molecule has 0 unspecified atom stereocenters. The number of para-hydroxylation sites is 1. The van der Waals surface area contributed by atoms with Gasteiger partial charge >= 0.3 is 6.03 Å². The number of hydrogen-bond acceptors (Lipinski definition) is 3. The first-order chi connectivity index (χ1) is 11.6. The van der Waals surface area contributed by atoms with Gasteiger partial charge in [-0.25, -0.2) is 9.18 Å². The van der Waals surface area contributed by atoms with E-state index in [2.05, 4.69) is 16.0 Å². The monoisotopic (exact) mass is 331 g/mol. The van der Waals surface area contributed by atoms with Crippen molar-refractivity contribution < 1.29 is 18.7 Å². The van der Waals surface area contributed by atoms with Crippen LogP contribution in [-0.4, -0.2) is 25.0 Å². The predicted molar refractivity (Wildman–Crippen MR) is 88.6 cm³/mol. The molecule has 0 saturated carbocycles. The topological polar surface area (TPSA) is 79.5 Å². The fraction of sp³-hybridized carbons (Fsp3) is 0.176. The van der Waals surface area contributed by atoms with Crippen LogP contribution >= 0.6 is 0 Å². The Morgan fingerprint density at radius 3 is 2.54 bits per heavy atom. The highest BCUT2D eigenvalue weighted by Crippen LogP contribution is 2.30. The first-order valence-corrected chi connectivity index (χ1v) is 7.42. The normalized spacial score (nSPS) is 9.92. The zero-order valence-corrected chi connectivity index (χ0v) is 13.1. The van der Waals surface area contributed by atoms with Crippen molar-refractivity contribution in [2.45, 2.75) is 6.92 Å².